The number of phenolic OH excluding ortho intramolecular Hbond substituents is 1. The maximum Gasteiger partial charge on any atom is 0.125 e. The zero-order valence-corrected chi connectivity index (χ0v) is 13.5. The largest absolute Gasteiger partial charge is 0.507 e. The van der Waals surface area contributed by atoms with Crippen molar-refractivity contribution in [1.82, 2.24) is 14.7 Å². The van der Waals surface area contributed by atoms with Gasteiger partial charge in [-0.05, 0) is 35.2 Å². The predicted octanol–water partition coefficient (Wildman–Crippen LogP) is 3.88. The number of hydrogen-bond acceptors (Lipinski definition) is 4. The lowest BCUT2D eigenvalue weighted by Crippen LogP contribution is -1.97. The van der Waals surface area contributed by atoms with Gasteiger partial charge < -0.3 is 14.2 Å². The molecule has 2 aromatic heterocycles. The van der Waals surface area contributed by atoms with Gasteiger partial charge in [0.15, 0.2) is 0 Å². The van der Waals surface area contributed by atoms with E-state index in [1.165, 1.54) is 17.4 Å². The zero-order chi connectivity index (χ0) is 17.1. The van der Waals surface area contributed by atoms with Crippen molar-refractivity contribution in [2.24, 2.45) is 0 Å². The van der Waals surface area contributed by atoms with Crippen LogP contribution in [0.4, 0.5) is 0 Å². The topological polar surface area (TPSA) is 64.1 Å². The molecule has 0 spiro atoms. The molecule has 4 rings (SSSR count). The van der Waals surface area contributed by atoms with Gasteiger partial charge in [0.1, 0.15) is 17.7 Å². The second-order valence-corrected chi connectivity index (χ2v) is 5.96. The molecular weight excluding hydrogens is 314 g/mol. The minimum Gasteiger partial charge on any atom is -0.507 e. The summed E-state index contributed by atoms with van der Waals surface area (Å²) in [6, 6.07) is 15.9. The number of imidazole rings is 1. The Balaban J connectivity index is 1.47. The van der Waals surface area contributed by atoms with Crippen LogP contribution in [0.3, 0.4) is 0 Å². The number of aromatic nitrogens is 3. The lowest BCUT2D eigenvalue weighted by molar-refractivity contribution is 0.421. The van der Waals surface area contributed by atoms with Crippen molar-refractivity contribution in [3.63, 3.8) is 0 Å². The molecular formula is C20H17N3O2. The molecule has 2 heterocycles. The third kappa shape index (κ3) is 3.45. The van der Waals surface area contributed by atoms with Crippen LogP contribution in [0, 0.1) is 0 Å². The molecule has 0 bridgehead atoms. The lowest BCUT2D eigenvalue weighted by atomic mass is 10.0. The molecule has 5 heteroatoms. The van der Waals surface area contributed by atoms with Crippen LogP contribution in [0.5, 0.6) is 5.75 Å². The Morgan fingerprint density at radius 1 is 0.960 bits per heavy atom. The summed E-state index contributed by atoms with van der Waals surface area (Å²) in [5.41, 5.74) is 4.78. The van der Waals surface area contributed by atoms with Crippen LogP contribution in [0.15, 0.2) is 78.0 Å². The molecule has 5 nitrogen and oxygen atoms in total. The van der Waals surface area contributed by atoms with Gasteiger partial charge in [0.2, 0.25) is 0 Å². The van der Waals surface area contributed by atoms with E-state index in [9.17, 15) is 5.11 Å². The van der Waals surface area contributed by atoms with E-state index in [4.69, 9.17) is 4.52 Å². The number of phenols is 1. The van der Waals surface area contributed by atoms with E-state index in [0.29, 0.717) is 11.3 Å². The van der Waals surface area contributed by atoms with Gasteiger partial charge in [-0.15, -0.1) is 0 Å². The quantitative estimate of drug-likeness (QED) is 0.603. The first-order valence-corrected chi connectivity index (χ1v) is 8.04. The molecule has 0 saturated heterocycles. The summed E-state index contributed by atoms with van der Waals surface area (Å²) in [5.74, 6) is 0.211. The first-order valence-electron chi connectivity index (χ1n) is 8.04. The third-order valence-electron chi connectivity index (χ3n) is 4.13. The van der Waals surface area contributed by atoms with E-state index in [2.05, 4.69) is 34.4 Å². The molecule has 0 unspecified atom stereocenters. The summed E-state index contributed by atoms with van der Waals surface area (Å²) >= 11 is 0. The first-order chi connectivity index (χ1) is 12.3. The smallest absolute Gasteiger partial charge is 0.125 e. The molecule has 0 amide bonds. The summed E-state index contributed by atoms with van der Waals surface area (Å²) in [6.07, 6.45) is 7.80. The van der Waals surface area contributed by atoms with E-state index < -0.39 is 0 Å². The minimum absolute atomic E-state index is 0.211. The van der Waals surface area contributed by atoms with Gasteiger partial charge in [-0.25, -0.2) is 4.98 Å². The zero-order valence-electron chi connectivity index (χ0n) is 13.5. The summed E-state index contributed by atoms with van der Waals surface area (Å²) in [7, 11) is 0. The first kappa shape index (κ1) is 15.2. The molecule has 124 valence electrons. The SMILES string of the molecule is Oc1cc(Cc2ccc(Cn3ccnc3)cc2)ccc1-c1ccon1. The summed E-state index contributed by atoms with van der Waals surface area (Å²) in [5, 5.41) is 14.1. The summed E-state index contributed by atoms with van der Waals surface area (Å²) in [6.45, 7) is 0.813. The Bertz CT molecular complexity index is 943. The molecule has 0 saturated carbocycles. The Labute approximate surface area is 145 Å². The Kier molecular flexibility index (Phi) is 4.04. The number of nitrogens with zero attached hydrogens (tertiary/aromatic N) is 3. The van der Waals surface area contributed by atoms with Crippen LogP contribution in [-0.2, 0) is 13.0 Å². The van der Waals surface area contributed by atoms with Crippen molar-refractivity contribution in [3.8, 4) is 17.0 Å². The normalized spacial score (nSPS) is 10.9. The van der Waals surface area contributed by atoms with Gasteiger partial charge in [0.05, 0.1) is 6.33 Å². The lowest BCUT2D eigenvalue weighted by Gasteiger charge is -2.07. The second kappa shape index (κ2) is 6.65. The molecule has 0 radical (unpaired) electrons. The van der Waals surface area contributed by atoms with Crippen molar-refractivity contribution in [1.29, 1.82) is 0 Å². The molecule has 0 aliphatic carbocycles. The fourth-order valence-electron chi connectivity index (χ4n) is 2.84. The third-order valence-corrected chi connectivity index (χ3v) is 4.13. The monoisotopic (exact) mass is 331 g/mol. The van der Waals surface area contributed by atoms with E-state index in [1.54, 1.807) is 18.3 Å². The second-order valence-electron chi connectivity index (χ2n) is 5.96. The highest BCUT2D eigenvalue weighted by Gasteiger charge is 2.08. The minimum atomic E-state index is 0.211. The molecule has 2 aromatic carbocycles. The number of hydrogen-bond donors (Lipinski definition) is 1. The van der Waals surface area contributed by atoms with Crippen LogP contribution in [0.2, 0.25) is 0 Å². The Morgan fingerprint density at radius 2 is 1.76 bits per heavy atom. The number of aromatic hydroxyl groups is 1. The van der Waals surface area contributed by atoms with E-state index in [1.807, 2.05) is 29.2 Å². The average Bonchev–Trinajstić information content (AvgIpc) is 3.31. The van der Waals surface area contributed by atoms with Crippen molar-refractivity contribution in [3.05, 3.63) is 90.2 Å². The van der Waals surface area contributed by atoms with Crippen molar-refractivity contribution in [2.45, 2.75) is 13.0 Å². The van der Waals surface area contributed by atoms with Gasteiger partial charge in [-0.1, -0.05) is 35.5 Å². The molecule has 0 aliphatic rings. The van der Waals surface area contributed by atoms with Gasteiger partial charge in [0, 0.05) is 30.6 Å². The maximum absolute atomic E-state index is 10.2. The summed E-state index contributed by atoms with van der Waals surface area (Å²) in [4.78, 5) is 4.05. The number of benzene rings is 2. The van der Waals surface area contributed by atoms with Gasteiger partial charge in [-0.3, -0.25) is 0 Å². The maximum atomic E-state index is 10.2. The molecule has 25 heavy (non-hydrogen) atoms. The average molecular weight is 331 g/mol. The molecule has 0 atom stereocenters. The predicted molar refractivity (Wildman–Crippen MR) is 94.2 cm³/mol. The van der Waals surface area contributed by atoms with Crippen molar-refractivity contribution < 1.29 is 9.63 Å². The van der Waals surface area contributed by atoms with Gasteiger partial charge >= 0.3 is 0 Å². The van der Waals surface area contributed by atoms with Crippen LogP contribution >= 0.6 is 0 Å². The van der Waals surface area contributed by atoms with Crippen LogP contribution in [0.1, 0.15) is 16.7 Å². The van der Waals surface area contributed by atoms with Crippen LogP contribution in [-0.4, -0.2) is 19.8 Å². The number of rotatable bonds is 5. The summed E-state index contributed by atoms with van der Waals surface area (Å²) < 4.78 is 6.87. The highest BCUT2D eigenvalue weighted by Crippen LogP contribution is 2.29. The highest BCUT2D eigenvalue weighted by atomic mass is 16.5. The molecule has 1 N–H and O–H groups in total. The van der Waals surface area contributed by atoms with Crippen molar-refractivity contribution >= 4 is 0 Å². The van der Waals surface area contributed by atoms with Gasteiger partial charge in [0.25, 0.3) is 0 Å². The fraction of sp³-hybridized carbons (Fsp3) is 0.100. The fourth-order valence-corrected chi connectivity index (χ4v) is 2.84. The Hall–Kier alpha value is -3.34. The molecule has 4 aromatic rings. The van der Waals surface area contributed by atoms with E-state index in [0.717, 1.165) is 18.5 Å². The highest BCUT2D eigenvalue weighted by molar-refractivity contribution is 5.66. The van der Waals surface area contributed by atoms with Gasteiger partial charge in [-0.2, -0.15) is 0 Å². The van der Waals surface area contributed by atoms with Crippen molar-refractivity contribution in [2.75, 3.05) is 0 Å². The van der Waals surface area contributed by atoms with E-state index >= 15 is 0 Å². The molecule has 0 fully saturated rings. The van der Waals surface area contributed by atoms with Crippen LogP contribution < -0.4 is 0 Å². The standard InChI is InChI=1S/C20H17N3O2/c24-20-12-17(5-6-18(20)19-7-10-25-22-19)11-15-1-3-16(4-2-15)13-23-9-8-21-14-23/h1-10,12,14,24H,11,13H2. The van der Waals surface area contributed by atoms with E-state index in [-0.39, 0.29) is 5.75 Å². The molecule has 0 aliphatic heterocycles. The van der Waals surface area contributed by atoms with Crippen LogP contribution in [0.25, 0.3) is 11.3 Å². The Morgan fingerprint density at radius 3 is 2.44 bits per heavy atom.